The zero-order valence-electron chi connectivity index (χ0n) is 16.3. The van der Waals surface area contributed by atoms with Gasteiger partial charge in [-0.05, 0) is 71.2 Å². The first-order valence-corrected chi connectivity index (χ1v) is 8.81. The van der Waals surface area contributed by atoms with E-state index in [1.54, 1.807) is 20.8 Å². The lowest BCUT2D eigenvalue weighted by Crippen LogP contribution is -2.35. The third-order valence-corrected chi connectivity index (χ3v) is 3.69. The van der Waals surface area contributed by atoms with Crippen LogP contribution in [-0.4, -0.2) is 36.9 Å². The molecule has 0 atom stereocenters. The Kier molecular flexibility index (Phi) is 7.75. The fraction of sp³-hybridized carbons (Fsp3) is 0.579. The van der Waals surface area contributed by atoms with Crippen molar-refractivity contribution in [2.24, 2.45) is 0 Å². The molecular weight excluding hydrogens is 358 g/mol. The van der Waals surface area contributed by atoms with Crippen molar-refractivity contribution in [1.29, 1.82) is 0 Å². The highest BCUT2D eigenvalue weighted by atomic mass is 35.5. The van der Waals surface area contributed by atoms with Crippen molar-refractivity contribution >= 4 is 23.7 Å². The number of nitrogens with one attached hydrogen (secondary N) is 1. The Balaban J connectivity index is 0.000000260. The van der Waals surface area contributed by atoms with Crippen LogP contribution in [-0.2, 0) is 14.3 Å². The summed E-state index contributed by atoms with van der Waals surface area (Å²) in [4.78, 5) is 21.5. The van der Waals surface area contributed by atoms with E-state index < -0.39 is 17.7 Å². The van der Waals surface area contributed by atoms with Crippen molar-refractivity contribution in [3.05, 3.63) is 28.8 Å². The molecule has 1 N–H and O–H groups in total. The predicted octanol–water partition coefficient (Wildman–Crippen LogP) is 4.26. The highest BCUT2D eigenvalue weighted by Crippen LogP contribution is 2.40. The number of hydrogen-bond donors (Lipinski definition) is 1. The van der Waals surface area contributed by atoms with Gasteiger partial charge in [-0.1, -0.05) is 11.6 Å². The van der Waals surface area contributed by atoms with Crippen LogP contribution in [0, 0.1) is 6.92 Å². The summed E-state index contributed by atoms with van der Waals surface area (Å²) in [7, 11) is 1.25. The standard InChI is InChI=1S/C11H13ClO.C8H15NO4/c1-8-7-9(12)3-4-10(8)13-11(2)5-6-11;1-8(2,3)13-7(11)9-5-6(10)12-4/h3-4,7H,5-6H2,1-2H3;5H2,1-4H3,(H,9,11). The van der Waals surface area contributed by atoms with E-state index in [9.17, 15) is 9.59 Å². The molecule has 7 heteroatoms. The van der Waals surface area contributed by atoms with Gasteiger partial charge in [0.15, 0.2) is 0 Å². The molecule has 2 rings (SSSR count). The van der Waals surface area contributed by atoms with E-state index in [-0.39, 0.29) is 12.1 Å². The van der Waals surface area contributed by atoms with Gasteiger partial charge in [-0.15, -0.1) is 0 Å². The molecule has 1 aliphatic carbocycles. The van der Waals surface area contributed by atoms with Crippen LogP contribution in [0.2, 0.25) is 5.02 Å². The first-order valence-electron chi connectivity index (χ1n) is 8.43. The molecule has 0 radical (unpaired) electrons. The summed E-state index contributed by atoms with van der Waals surface area (Å²) in [5.41, 5.74) is 0.652. The molecule has 0 spiro atoms. The maximum absolute atomic E-state index is 10.9. The number of ether oxygens (including phenoxy) is 3. The van der Waals surface area contributed by atoms with Gasteiger partial charge in [0, 0.05) is 5.02 Å². The summed E-state index contributed by atoms with van der Waals surface area (Å²) >= 11 is 5.85. The molecule has 6 nitrogen and oxygen atoms in total. The highest BCUT2D eigenvalue weighted by molar-refractivity contribution is 6.30. The summed E-state index contributed by atoms with van der Waals surface area (Å²) in [6.45, 7) is 9.21. The summed E-state index contributed by atoms with van der Waals surface area (Å²) in [6.07, 6.45) is 1.70. The van der Waals surface area contributed by atoms with Crippen LogP contribution in [0.5, 0.6) is 5.75 Å². The second kappa shape index (κ2) is 9.12. The van der Waals surface area contributed by atoms with Crippen LogP contribution in [0.4, 0.5) is 4.79 Å². The van der Waals surface area contributed by atoms with Crippen molar-refractivity contribution in [3.63, 3.8) is 0 Å². The lowest BCUT2D eigenvalue weighted by atomic mass is 10.2. The van der Waals surface area contributed by atoms with Gasteiger partial charge in [-0.2, -0.15) is 0 Å². The van der Waals surface area contributed by atoms with E-state index in [0.717, 1.165) is 29.2 Å². The molecule has 1 aromatic carbocycles. The smallest absolute Gasteiger partial charge is 0.408 e. The number of halogens is 1. The maximum atomic E-state index is 10.9. The Hall–Kier alpha value is -1.95. The molecule has 1 aliphatic rings. The molecule has 26 heavy (non-hydrogen) atoms. The van der Waals surface area contributed by atoms with Gasteiger partial charge in [-0.3, -0.25) is 4.79 Å². The number of carbonyl (C=O) groups is 2. The average Bonchev–Trinajstić information content (AvgIpc) is 3.24. The first kappa shape index (κ1) is 22.1. The second-order valence-corrected chi connectivity index (χ2v) is 7.83. The molecular formula is C19H28ClNO5. The lowest BCUT2D eigenvalue weighted by molar-refractivity contribution is -0.139. The number of amides is 1. The number of alkyl carbamates (subject to hydrolysis) is 1. The van der Waals surface area contributed by atoms with Gasteiger partial charge in [0.25, 0.3) is 0 Å². The molecule has 0 aliphatic heterocycles. The number of esters is 1. The predicted molar refractivity (Wildman–Crippen MR) is 101 cm³/mol. The molecule has 0 aromatic heterocycles. The highest BCUT2D eigenvalue weighted by Gasteiger charge is 2.40. The number of carbonyl (C=O) groups excluding carboxylic acids is 2. The van der Waals surface area contributed by atoms with E-state index in [4.69, 9.17) is 21.1 Å². The molecule has 1 amide bonds. The normalized spacial score (nSPS) is 14.4. The summed E-state index contributed by atoms with van der Waals surface area (Å²) in [5, 5.41) is 3.02. The molecule has 0 saturated heterocycles. The Bertz CT molecular complexity index is 635. The van der Waals surface area contributed by atoms with Crippen molar-refractivity contribution in [3.8, 4) is 5.75 Å². The Morgan fingerprint density at radius 3 is 2.35 bits per heavy atom. The van der Waals surface area contributed by atoms with E-state index in [1.807, 2.05) is 25.1 Å². The Morgan fingerprint density at radius 2 is 1.88 bits per heavy atom. The van der Waals surface area contributed by atoms with Crippen LogP contribution >= 0.6 is 11.6 Å². The number of rotatable bonds is 4. The van der Waals surface area contributed by atoms with Gasteiger partial charge in [0.1, 0.15) is 23.5 Å². The molecule has 1 fully saturated rings. The van der Waals surface area contributed by atoms with Crippen LogP contribution < -0.4 is 10.1 Å². The molecule has 0 heterocycles. The number of methoxy groups -OCH3 is 1. The zero-order valence-corrected chi connectivity index (χ0v) is 17.0. The van der Waals surface area contributed by atoms with Crippen molar-refractivity contribution in [2.45, 2.75) is 58.7 Å². The number of hydrogen-bond acceptors (Lipinski definition) is 5. The van der Waals surface area contributed by atoms with Gasteiger partial charge in [0.2, 0.25) is 0 Å². The van der Waals surface area contributed by atoms with E-state index in [1.165, 1.54) is 7.11 Å². The summed E-state index contributed by atoms with van der Waals surface area (Å²) in [5.74, 6) is 0.454. The summed E-state index contributed by atoms with van der Waals surface area (Å²) in [6, 6.07) is 5.75. The zero-order chi connectivity index (χ0) is 20.0. The molecule has 1 saturated carbocycles. The maximum Gasteiger partial charge on any atom is 0.408 e. The second-order valence-electron chi connectivity index (χ2n) is 7.39. The van der Waals surface area contributed by atoms with Gasteiger partial charge in [0.05, 0.1) is 7.11 Å². The van der Waals surface area contributed by atoms with Crippen molar-refractivity contribution in [2.75, 3.05) is 13.7 Å². The number of aryl methyl sites for hydroxylation is 1. The van der Waals surface area contributed by atoms with Crippen LogP contribution in [0.15, 0.2) is 18.2 Å². The third-order valence-electron chi connectivity index (χ3n) is 3.45. The monoisotopic (exact) mass is 385 g/mol. The van der Waals surface area contributed by atoms with Crippen LogP contribution in [0.3, 0.4) is 0 Å². The van der Waals surface area contributed by atoms with Gasteiger partial charge in [-0.25, -0.2) is 4.79 Å². The SMILES string of the molecule is COC(=O)CNC(=O)OC(C)(C)C.Cc1cc(Cl)ccc1OC1(C)CC1. The third kappa shape index (κ3) is 8.94. The van der Waals surface area contributed by atoms with E-state index in [2.05, 4.69) is 17.0 Å². The first-order chi connectivity index (χ1) is 11.9. The van der Waals surface area contributed by atoms with Gasteiger partial charge < -0.3 is 19.5 Å². The van der Waals surface area contributed by atoms with Crippen molar-refractivity contribution in [1.82, 2.24) is 5.32 Å². The quantitative estimate of drug-likeness (QED) is 0.783. The lowest BCUT2D eigenvalue weighted by Gasteiger charge is -2.19. The Morgan fingerprint density at radius 1 is 1.27 bits per heavy atom. The fourth-order valence-corrected chi connectivity index (χ4v) is 2.03. The minimum atomic E-state index is -0.627. The molecule has 0 unspecified atom stereocenters. The summed E-state index contributed by atoms with van der Waals surface area (Å²) < 4.78 is 15.0. The van der Waals surface area contributed by atoms with E-state index >= 15 is 0 Å². The minimum Gasteiger partial charge on any atom is -0.487 e. The average molecular weight is 386 g/mol. The van der Waals surface area contributed by atoms with Crippen molar-refractivity contribution < 1.29 is 23.8 Å². The van der Waals surface area contributed by atoms with E-state index in [0.29, 0.717) is 0 Å². The minimum absolute atomic E-state index is 0.0958. The topological polar surface area (TPSA) is 73.9 Å². The molecule has 146 valence electrons. The number of benzene rings is 1. The largest absolute Gasteiger partial charge is 0.487 e. The van der Waals surface area contributed by atoms with Gasteiger partial charge >= 0.3 is 12.1 Å². The molecule has 0 bridgehead atoms. The Labute approximate surface area is 160 Å². The van der Waals surface area contributed by atoms with Crippen LogP contribution in [0.1, 0.15) is 46.1 Å². The van der Waals surface area contributed by atoms with Crippen LogP contribution in [0.25, 0.3) is 0 Å². The fourth-order valence-electron chi connectivity index (χ4n) is 1.80. The molecule has 1 aromatic rings.